The molecule has 0 heterocycles. The highest BCUT2D eigenvalue weighted by Crippen LogP contribution is 2.22. The summed E-state index contributed by atoms with van der Waals surface area (Å²) in [7, 11) is -7.26. The predicted octanol–water partition coefficient (Wildman–Crippen LogP) is 3.42. The molecule has 0 saturated heterocycles. The first-order valence-corrected chi connectivity index (χ1v) is 12.5. The van der Waals surface area contributed by atoms with Crippen molar-refractivity contribution in [1.29, 1.82) is 0 Å². The summed E-state index contributed by atoms with van der Waals surface area (Å²) in [6, 6.07) is 18.8. The van der Waals surface area contributed by atoms with Crippen molar-refractivity contribution < 1.29 is 21.6 Å². The van der Waals surface area contributed by atoms with E-state index in [2.05, 4.69) is 14.8 Å². The van der Waals surface area contributed by atoms with Gasteiger partial charge in [-0.05, 0) is 55.0 Å². The van der Waals surface area contributed by atoms with Crippen LogP contribution in [0.5, 0.6) is 0 Å². The maximum atomic E-state index is 12.7. The molecule has 0 atom stereocenters. The van der Waals surface area contributed by atoms with Crippen molar-refractivity contribution in [2.75, 3.05) is 21.0 Å². The van der Waals surface area contributed by atoms with E-state index in [1.54, 1.807) is 49.4 Å². The van der Waals surface area contributed by atoms with Gasteiger partial charge in [-0.3, -0.25) is 14.2 Å². The second kappa shape index (κ2) is 8.78. The molecule has 162 valence electrons. The molecule has 0 saturated carbocycles. The summed E-state index contributed by atoms with van der Waals surface area (Å²) in [5, 5.41) is 2.68. The summed E-state index contributed by atoms with van der Waals surface area (Å²) in [6.07, 6.45) is 1.04. The van der Waals surface area contributed by atoms with Gasteiger partial charge in [-0.25, -0.2) is 16.8 Å². The van der Waals surface area contributed by atoms with E-state index in [-0.39, 0.29) is 16.1 Å². The first-order chi connectivity index (χ1) is 14.5. The van der Waals surface area contributed by atoms with Crippen molar-refractivity contribution in [2.45, 2.75) is 11.8 Å². The van der Waals surface area contributed by atoms with Crippen LogP contribution >= 0.6 is 0 Å². The molecule has 1 amide bonds. The maximum absolute atomic E-state index is 12.7. The van der Waals surface area contributed by atoms with E-state index in [0.29, 0.717) is 16.9 Å². The third-order valence-corrected chi connectivity index (χ3v) is 6.21. The second-order valence-corrected chi connectivity index (χ2v) is 10.3. The molecular weight excluding hydrogens is 438 g/mol. The average Bonchev–Trinajstić information content (AvgIpc) is 2.70. The van der Waals surface area contributed by atoms with Gasteiger partial charge in [-0.15, -0.1) is 0 Å². The van der Waals surface area contributed by atoms with E-state index >= 15 is 0 Å². The highest BCUT2D eigenvalue weighted by atomic mass is 32.2. The number of carbonyl (C=O) groups excluding carboxylic acids is 1. The molecule has 31 heavy (non-hydrogen) atoms. The number of aryl methyl sites for hydroxylation is 1. The fourth-order valence-electron chi connectivity index (χ4n) is 2.75. The number of hydrogen-bond acceptors (Lipinski definition) is 5. The lowest BCUT2D eigenvalue weighted by molar-refractivity contribution is 0.102. The highest BCUT2D eigenvalue weighted by molar-refractivity contribution is 7.92. The lowest BCUT2D eigenvalue weighted by Crippen LogP contribution is -2.15. The zero-order chi connectivity index (χ0) is 22.6. The van der Waals surface area contributed by atoms with Crippen LogP contribution in [0.2, 0.25) is 0 Å². The number of sulfonamides is 2. The van der Waals surface area contributed by atoms with Crippen LogP contribution in [-0.2, 0) is 20.0 Å². The number of nitrogens with one attached hydrogen (secondary N) is 3. The summed E-state index contributed by atoms with van der Waals surface area (Å²) in [5.41, 5.74) is 1.90. The van der Waals surface area contributed by atoms with Gasteiger partial charge in [0, 0.05) is 16.9 Å². The topological polar surface area (TPSA) is 121 Å². The summed E-state index contributed by atoms with van der Waals surface area (Å²) < 4.78 is 52.8. The van der Waals surface area contributed by atoms with Crippen molar-refractivity contribution in [3.8, 4) is 0 Å². The van der Waals surface area contributed by atoms with Gasteiger partial charge in [-0.2, -0.15) is 0 Å². The van der Waals surface area contributed by atoms with Gasteiger partial charge >= 0.3 is 0 Å². The van der Waals surface area contributed by atoms with Gasteiger partial charge in [0.05, 0.1) is 16.8 Å². The lowest BCUT2D eigenvalue weighted by Gasteiger charge is -2.12. The Morgan fingerprint density at radius 3 is 2.16 bits per heavy atom. The van der Waals surface area contributed by atoms with Crippen LogP contribution < -0.4 is 14.8 Å². The Morgan fingerprint density at radius 2 is 1.48 bits per heavy atom. The molecule has 0 aliphatic heterocycles. The predicted molar refractivity (Wildman–Crippen MR) is 121 cm³/mol. The fourth-order valence-corrected chi connectivity index (χ4v) is 4.44. The van der Waals surface area contributed by atoms with Gasteiger partial charge in [0.15, 0.2) is 0 Å². The molecule has 0 unspecified atom stereocenters. The Balaban J connectivity index is 1.79. The van der Waals surface area contributed by atoms with Gasteiger partial charge in [0.1, 0.15) is 0 Å². The first kappa shape index (κ1) is 22.3. The van der Waals surface area contributed by atoms with Crippen LogP contribution in [0, 0.1) is 6.92 Å². The Labute approximate surface area is 181 Å². The Morgan fingerprint density at radius 1 is 0.774 bits per heavy atom. The summed E-state index contributed by atoms with van der Waals surface area (Å²) in [4.78, 5) is 12.8. The van der Waals surface area contributed by atoms with E-state index in [1.165, 1.54) is 30.3 Å². The normalized spacial score (nSPS) is 11.5. The molecule has 10 heteroatoms. The van der Waals surface area contributed by atoms with Crippen LogP contribution in [0.3, 0.4) is 0 Å². The molecule has 3 rings (SSSR count). The van der Waals surface area contributed by atoms with Crippen molar-refractivity contribution in [2.24, 2.45) is 0 Å². The minimum absolute atomic E-state index is 0.107. The van der Waals surface area contributed by atoms with Gasteiger partial charge in [0.25, 0.3) is 15.9 Å². The number of anilines is 3. The number of rotatable bonds is 7. The van der Waals surface area contributed by atoms with Gasteiger partial charge in [0.2, 0.25) is 10.0 Å². The number of benzene rings is 3. The Bertz CT molecular complexity index is 1320. The third kappa shape index (κ3) is 6.06. The molecule has 0 aliphatic rings. The first-order valence-electron chi connectivity index (χ1n) is 9.11. The molecule has 3 aromatic carbocycles. The minimum Gasteiger partial charge on any atom is -0.322 e. The van der Waals surface area contributed by atoms with Crippen LogP contribution in [0.4, 0.5) is 17.1 Å². The van der Waals surface area contributed by atoms with E-state index in [0.717, 1.165) is 6.26 Å². The summed E-state index contributed by atoms with van der Waals surface area (Å²) >= 11 is 0. The molecular formula is C21H21N3O5S2. The largest absolute Gasteiger partial charge is 0.322 e. The van der Waals surface area contributed by atoms with Crippen LogP contribution in [-0.4, -0.2) is 29.0 Å². The fraction of sp³-hybridized carbons (Fsp3) is 0.0952. The van der Waals surface area contributed by atoms with E-state index in [9.17, 15) is 21.6 Å². The van der Waals surface area contributed by atoms with Crippen LogP contribution in [0.25, 0.3) is 0 Å². The van der Waals surface area contributed by atoms with Gasteiger partial charge < -0.3 is 5.32 Å². The van der Waals surface area contributed by atoms with Crippen molar-refractivity contribution in [3.63, 3.8) is 0 Å². The van der Waals surface area contributed by atoms with Crippen LogP contribution in [0.15, 0.2) is 77.7 Å². The minimum atomic E-state index is -3.79. The molecule has 0 aliphatic carbocycles. The van der Waals surface area contributed by atoms with E-state index < -0.39 is 26.0 Å². The Hall–Kier alpha value is -3.37. The zero-order valence-corrected chi connectivity index (χ0v) is 18.4. The number of amides is 1. The quantitative estimate of drug-likeness (QED) is 0.500. The standard InChI is InChI=1S/C21H21N3O5S2/c1-15-11-12-17(14-20(15)24-30(2,26)27)22-21(25)16-7-6-8-18(13-16)23-31(28,29)19-9-4-3-5-10-19/h3-14,23-24H,1-2H3,(H,22,25). The van der Waals surface area contributed by atoms with Gasteiger partial charge in [-0.1, -0.05) is 30.3 Å². The SMILES string of the molecule is Cc1ccc(NC(=O)c2cccc(NS(=O)(=O)c3ccccc3)c2)cc1NS(C)(=O)=O. The van der Waals surface area contributed by atoms with Crippen molar-refractivity contribution in [1.82, 2.24) is 0 Å². The average molecular weight is 460 g/mol. The second-order valence-electron chi connectivity index (χ2n) is 6.86. The van der Waals surface area contributed by atoms with Crippen LogP contribution in [0.1, 0.15) is 15.9 Å². The zero-order valence-electron chi connectivity index (χ0n) is 16.8. The summed E-state index contributed by atoms with van der Waals surface area (Å²) in [6.45, 7) is 1.74. The number of hydrogen-bond donors (Lipinski definition) is 3. The number of carbonyl (C=O) groups is 1. The van der Waals surface area contributed by atoms with E-state index in [1.807, 2.05) is 0 Å². The maximum Gasteiger partial charge on any atom is 0.261 e. The Kier molecular flexibility index (Phi) is 6.32. The smallest absolute Gasteiger partial charge is 0.261 e. The molecule has 3 aromatic rings. The monoisotopic (exact) mass is 459 g/mol. The third-order valence-electron chi connectivity index (χ3n) is 4.22. The molecule has 0 fully saturated rings. The summed E-state index contributed by atoms with van der Waals surface area (Å²) in [5.74, 6) is -0.477. The van der Waals surface area contributed by atoms with Crippen molar-refractivity contribution >= 4 is 43.0 Å². The molecule has 8 nitrogen and oxygen atoms in total. The van der Waals surface area contributed by atoms with E-state index in [4.69, 9.17) is 0 Å². The highest BCUT2D eigenvalue weighted by Gasteiger charge is 2.15. The molecule has 0 aromatic heterocycles. The van der Waals surface area contributed by atoms with Crippen molar-refractivity contribution in [3.05, 3.63) is 83.9 Å². The molecule has 0 radical (unpaired) electrons. The lowest BCUT2D eigenvalue weighted by atomic mass is 10.1. The molecule has 0 spiro atoms. The molecule has 3 N–H and O–H groups in total. The molecule has 0 bridgehead atoms.